The first kappa shape index (κ1) is 12.9. The summed E-state index contributed by atoms with van der Waals surface area (Å²) >= 11 is 0. The minimum absolute atomic E-state index is 0.394. The van der Waals surface area contributed by atoms with Crippen LogP contribution in [0.4, 0.5) is 0 Å². The number of aromatic nitrogens is 2. The Labute approximate surface area is 117 Å². The van der Waals surface area contributed by atoms with E-state index < -0.39 is 5.54 Å². The fraction of sp³-hybridized carbons (Fsp3) is 0.333. The molecule has 1 aromatic heterocycles. The van der Waals surface area contributed by atoms with Crippen molar-refractivity contribution >= 4 is 0 Å². The molecule has 0 amide bonds. The molecule has 0 unspecified atom stereocenters. The Hall–Kier alpha value is -2.14. The fourth-order valence-electron chi connectivity index (χ4n) is 2.17. The van der Waals surface area contributed by atoms with Gasteiger partial charge in [0, 0.05) is 5.56 Å². The second-order valence-electron chi connectivity index (χ2n) is 5.06. The van der Waals surface area contributed by atoms with Gasteiger partial charge in [0.2, 0.25) is 0 Å². The lowest BCUT2D eigenvalue weighted by Gasteiger charge is -2.34. The number of ether oxygens (including phenoxy) is 1. The van der Waals surface area contributed by atoms with Crippen LogP contribution in [0.25, 0.3) is 11.5 Å². The maximum Gasteiger partial charge on any atom is 0.257 e. The van der Waals surface area contributed by atoms with Gasteiger partial charge in [0.15, 0.2) is 5.82 Å². The maximum atomic E-state index is 6.18. The molecule has 1 aliphatic carbocycles. The summed E-state index contributed by atoms with van der Waals surface area (Å²) in [6.07, 6.45) is 4.66. The van der Waals surface area contributed by atoms with E-state index in [1.807, 2.05) is 24.3 Å². The monoisotopic (exact) mass is 271 g/mol. The van der Waals surface area contributed by atoms with E-state index in [9.17, 15) is 0 Å². The van der Waals surface area contributed by atoms with Gasteiger partial charge in [0.1, 0.15) is 12.4 Å². The van der Waals surface area contributed by atoms with E-state index in [1.54, 1.807) is 6.08 Å². The molecular weight excluding hydrogens is 254 g/mol. The second-order valence-corrected chi connectivity index (χ2v) is 5.06. The zero-order valence-electron chi connectivity index (χ0n) is 11.2. The molecule has 3 rings (SSSR count). The first-order chi connectivity index (χ1) is 9.71. The number of nitrogens with zero attached hydrogens (tertiary/aromatic N) is 2. The van der Waals surface area contributed by atoms with Crippen LogP contribution in [0.1, 0.15) is 25.1 Å². The first-order valence-electron chi connectivity index (χ1n) is 6.68. The van der Waals surface area contributed by atoms with E-state index in [1.165, 1.54) is 0 Å². The summed E-state index contributed by atoms with van der Waals surface area (Å²) in [5.41, 5.74) is 6.64. The highest BCUT2D eigenvalue weighted by molar-refractivity contribution is 5.54. The molecule has 0 atom stereocenters. The minimum atomic E-state index is -0.394. The Morgan fingerprint density at radius 3 is 2.70 bits per heavy atom. The van der Waals surface area contributed by atoms with Gasteiger partial charge in [-0.2, -0.15) is 4.98 Å². The van der Waals surface area contributed by atoms with Crippen LogP contribution < -0.4 is 10.5 Å². The molecule has 20 heavy (non-hydrogen) atoms. The molecule has 0 saturated heterocycles. The summed E-state index contributed by atoms with van der Waals surface area (Å²) in [6, 6.07) is 7.51. The van der Waals surface area contributed by atoms with Crippen LogP contribution in [0.2, 0.25) is 0 Å². The van der Waals surface area contributed by atoms with E-state index in [0.717, 1.165) is 30.6 Å². The van der Waals surface area contributed by atoms with Gasteiger partial charge in [0.05, 0.1) is 5.54 Å². The van der Waals surface area contributed by atoms with Crippen LogP contribution in [0, 0.1) is 0 Å². The third-order valence-corrected chi connectivity index (χ3v) is 3.59. The predicted molar refractivity (Wildman–Crippen MR) is 75.1 cm³/mol. The van der Waals surface area contributed by atoms with Crippen molar-refractivity contribution < 1.29 is 9.26 Å². The molecule has 2 N–H and O–H groups in total. The minimum Gasteiger partial charge on any atom is -0.490 e. The molecule has 0 spiro atoms. The van der Waals surface area contributed by atoms with Crippen LogP contribution in [0.3, 0.4) is 0 Å². The van der Waals surface area contributed by atoms with Crippen molar-refractivity contribution in [1.82, 2.24) is 10.1 Å². The maximum absolute atomic E-state index is 6.18. The number of benzene rings is 1. The van der Waals surface area contributed by atoms with Gasteiger partial charge in [-0.15, -0.1) is 0 Å². The van der Waals surface area contributed by atoms with Crippen molar-refractivity contribution in [3.8, 4) is 17.2 Å². The molecule has 1 aromatic carbocycles. The third-order valence-electron chi connectivity index (χ3n) is 3.59. The topological polar surface area (TPSA) is 74.2 Å². The molecule has 1 fully saturated rings. The highest BCUT2D eigenvalue weighted by atomic mass is 16.5. The van der Waals surface area contributed by atoms with Gasteiger partial charge in [-0.1, -0.05) is 17.8 Å². The van der Waals surface area contributed by atoms with Gasteiger partial charge < -0.3 is 15.0 Å². The van der Waals surface area contributed by atoms with Gasteiger partial charge >= 0.3 is 0 Å². The van der Waals surface area contributed by atoms with E-state index in [-0.39, 0.29) is 0 Å². The Morgan fingerprint density at radius 2 is 2.10 bits per heavy atom. The lowest BCUT2D eigenvalue weighted by atomic mass is 9.77. The Kier molecular flexibility index (Phi) is 3.28. The number of hydrogen-bond donors (Lipinski definition) is 1. The third kappa shape index (κ3) is 2.32. The number of nitrogens with two attached hydrogens (primary N) is 1. The summed E-state index contributed by atoms with van der Waals surface area (Å²) < 4.78 is 10.7. The molecule has 1 heterocycles. The summed E-state index contributed by atoms with van der Waals surface area (Å²) in [5.74, 6) is 1.88. The van der Waals surface area contributed by atoms with Crippen LogP contribution >= 0.6 is 0 Å². The summed E-state index contributed by atoms with van der Waals surface area (Å²) in [4.78, 5) is 4.41. The second kappa shape index (κ2) is 5.09. The number of rotatable bonds is 5. The average molecular weight is 271 g/mol. The highest BCUT2D eigenvalue weighted by Crippen LogP contribution is 2.37. The molecular formula is C15H17N3O2. The van der Waals surface area contributed by atoms with Gasteiger partial charge in [-0.3, -0.25) is 0 Å². The normalized spacial score (nSPS) is 16.4. The van der Waals surface area contributed by atoms with Gasteiger partial charge in [-0.05, 0) is 43.5 Å². The highest BCUT2D eigenvalue weighted by Gasteiger charge is 2.39. The van der Waals surface area contributed by atoms with Crippen molar-refractivity contribution in [2.75, 3.05) is 6.61 Å². The van der Waals surface area contributed by atoms with Gasteiger partial charge in [-0.25, -0.2) is 0 Å². The largest absolute Gasteiger partial charge is 0.490 e. The Morgan fingerprint density at radius 1 is 1.35 bits per heavy atom. The summed E-state index contributed by atoms with van der Waals surface area (Å²) in [7, 11) is 0. The number of hydrogen-bond acceptors (Lipinski definition) is 5. The molecule has 1 aliphatic rings. The zero-order chi connectivity index (χ0) is 14.0. The molecule has 5 heteroatoms. The van der Waals surface area contributed by atoms with Crippen LogP contribution in [0.15, 0.2) is 41.4 Å². The first-order valence-corrected chi connectivity index (χ1v) is 6.68. The predicted octanol–water partition coefficient (Wildman–Crippen LogP) is 2.64. The molecule has 0 bridgehead atoms. The van der Waals surface area contributed by atoms with Crippen molar-refractivity contribution in [3.05, 3.63) is 42.7 Å². The van der Waals surface area contributed by atoms with Crippen LogP contribution in [-0.4, -0.2) is 16.7 Å². The van der Waals surface area contributed by atoms with E-state index in [2.05, 4.69) is 16.7 Å². The summed E-state index contributed by atoms with van der Waals surface area (Å²) in [6.45, 7) is 4.10. The molecule has 0 aliphatic heterocycles. The molecule has 104 valence electrons. The Balaban J connectivity index is 1.77. The van der Waals surface area contributed by atoms with E-state index in [0.29, 0.717) is 18.3 Å². The van der Waals surface area contributed by atoms with Gasteiger partial charge in [0.25, 0.3) is 5.89 Å². The molecule has 2 aromatic rings. The average Bonchev–Trinajstić information content (AvgIpc) is 2.93. The van der Waals surface area contributed by atoms with Crippen molar-refractivity contribution in [2.24, 2.45) is 5.73 Å². The molecule has 1 saturated carbocycles. The van der Waals surface area contributed by atoms with E-state index >= 15 is 0 Å². The Bertz CT molecular complexity index is 600. The quantitative estimate of drug-likeness (QED) is 0.846. The molecule has 5 nitrogen and oxygen atoms in total. The lowest BCUT2D eigenvalue weighted by molar-refractivity contribution is 0.229. The zero-order valence-corrected chi connectivity index (χ0v) is 11.2. The van der Waals surface area contributed by atoms with Crippen molar-refractivity contribution in [3.63, 3.8) is 0 Å². The van der Waals surface area contributed by atoms with Crippen molar-refractivity contribution in [1.29, 1.82) is 0 Å². The SMILES string of the molecule is C=CCOc1ccc(-c2nc(C3(N)CCC3)no2)cc1. The fourth-order valence-corrected chi connectivity index (χ4v) is 2.17. The van der Waals surface area contributed by atoms with Crippen molar-refractivity contribution in [2.45, 2.75) is 24.8 Å². The lowest BCUT2D eigenvalue weighted by Crippen LogP contribution is -2.44. The smallest absolute Gasteiger partial charge is 0.257 e. The van der Waals surface area contributed by atoms with E-state index in [4.69, 9.17) is 15.0 Å². The summed E-state index contributed by atoms with van der Waals surface area (Å²) in [5, 5.41) is 4.00. The van der Waals surface area contributed by atoms with Crippen LogP contribution in [-0.2, 0) is 5.54 Å². The van der Waals surface area contributed by atoms with Crippen LogP contribution in [0.5, 0.6) is 5.75 Å². The standard InChI is InChI=1S/C15H17N3O2/c1-2-10-19-12-6-4-11(5-7-12)13-17-14(18-20-13)15(16)8-3-9-15/h2,4-7H,1,3,8-10,16H2. The molecule has 0 radical (unpaired) electrons.